The van der Waals surface area contributed by atoms with Gasteiger partial charge < -0.3 is 10.1 Å². The van der Waals surface area contributed by atoms with Gasteiger partial charge in [-0.25, -0.2) is 8.42 Å². The van der Waals surface area contributed by atoms with Gasteiger partial charge in [-0.2, -0.15) is 4.31 Å². The predicted molar refractivity (Wildman–Crippen MR) is 59.8 cm³/mol. The zero-order chi connectivity index (χ0) is 12.6. The van der Waals surface area contributed by atoms with Crippen LogP contribution in [0.5, 0.6) is 0 Å². The van der Waals surface area contributed by atoms with E-state index in [1.54, 1.807) is 13.1 Å². The van der Waals surface area contributed by atoms with Crippen LogP contribution in [-0.2, 0) is 14.8 Å². The van der Waals surface area contributed by atoms with Gasteiger partial charge in [0.05, 0.1) is 10.8 Å². The lowest BCUT2D eigenvalue weighted by molar-refractivity contribution is -0.144. The van der Waals surface area contributed by atoms with Crippen molar-refractivity contribution in [3.63, 3.8) is 0 Å². The van der Waals surface area contributed by atoms with Gasteiger partial charge in [-0.15, -0.1) is 0 Å². The number of nitrogens with zero attached hydrogens (tertiary/aromatic N) is 1. The first-order valence-corrected chi connectivity index (χ1v) is 6.72. The van der Waals surface area contributed by atoms with Crippen molar-refractivity contribution in [3.8, 4) is 0 Å². The summed E-state index contributed by atoms with van der Waals surface area (Å²) in [6.07, 6.45) is 2.97. The molecule has 7 heteroatoms. The molecule has 0 aromatic carbocycles. The first kappa shape index (κ1) is 12.1. The second-order valence-electron chi connectivity index (χ2n) is 4.26. The minimum Gasteiger partial charge on any atom is -0.481 e. The van der Waals surface area contributed by atoms with Crippen molar-refractivity contribution >= 4 is 16.0 Å². The average Bonchev–Trinajstić information content (AvgIpc) is 2.67. The van der Waals surface area contributed by atoms with Crippen LogP contribution < -0.4 is 0 Å². The third kappa shape index (κ3) is 2.07. The van der Waals surface area contributed by atoms with Crippen LogP contribution in [0.3, 0.4) is 0 Å². The molecule has 1 aromatic rings. The molecule has 17 heavy (non-hydrogen) atoms. The van der Waals surface area contributed by atoms with E-state index in [9.17, 15) is 13.2 Å². The molecule has 1 unspecified atom stereocenters. The third-order valence-electron chi connectivity index (χ3n) is 3.18. The number of rotatable bonds is 4. The van der Waals surface area contributed by atoms with E-state index < -0.39 is 21.9 Å². The number of hydrogen-bond acceptors (Lipinski definition) is 3. The highest BCUT2D eigenvalue weighted by molar-refractivity contribution is 7.89. The molecule has 1 aromatic heterocycles. The maximum Gasteiger partial charge on any atom is 0.306 e. The molecule has 0 bridgehead atoms. The summed E-state index contributed by atoms with van der Waals surface area (Å²) < 4.78 is 25.2. The van der Waals surface area contributed by atoms with E-state index >= 15 is 0 Å². The first-order valence-electron chi connectivity index (χ1n) is 5.28. The van der Waals surface area contributed by atoms with Gasteiger partial charge in [0.2, 0.25) is 10.0 Å². The van der Waals surface area contributed by atoms with Gasteiger partial charge in [-0.3, -0.25) is 4.79 Å². The van der Waals surface area contributed by atoms with Gasteiger partial charge in [-0.1, -0.05) is 6.92 Å². The number of aromatic nitrogens is 1. The second-order valence-corrected chi connectivity index (χ2v) is 6.19. The molecule has 1 saturated heterocycles. The Morgan fingerprint density at radius 2 is 2.24 bits per heavy atom. The lowest BCUT2D eigenvalue weighted by atomic mass is 9.89. The van der Waals surface area contributed by atoms with E-state index in [4.69, 9.17) is 5.11 Å². The van der Waals surface area contributed by atoms with Crippen molar-refractivity contribution in [2.45, 2.75) is 11.8 Å². The van der Waals surface area contributed by atoms with Crippen LogP contribution in [-0.4, -0.2) is 41.9 Å². The average molecular weight is 258 g/mol. The fraction of sp³-hybridized carbons (Fsp3) is 0.500. The van der Waals surface area contributed by atoms with Crippen molar-refractivity contribution < 1.29 is 18.3 Å². The zero-order valence-electron chi connectivity index (χ0n) is 9.33. The molecular weight excluding hydrogens is 244 g/mol. The highest BCUT2D eigenvalue weighted by Crippen LogP contribution is 2.29. The van der Waals surface area contributed by atoms with Crippen LogP contribution in [0.4, 0.5) is 0 Å². The number of nitrogens with one attached hydrogen (secondary N) is 1. The summed E-state index contributed by atoms with van der Waals surface area (Å²) in [5, 5.41) is 8.82. The second kappa shape index (κ2) is 4.15. The number of hydrogen-bond donors (Lipinski definition) is 2. The molecule has 0 radical (unpaired) electrons. The molecule has 1 fully saturated rings. The van der Waals surface area contributed by atoms with Gasteiger partial charge in [0.25, 0.3) is 0 Å². The summed E-state index contributed by atoms with van der Waals surface area (Å²) in [5.41, 5.74) is 0. The van der Waals surface area contributed by atoms with Crippen LogP contribution in [0.2, 0.25) is 0 Å². The monoisotopic (exact) mass is 258 g/mol. The van der Waals surface area contributed by atoms with Gasteiger partial charge in [-0.05, 0) is 12.0 Å². The van der Waals surface area contributed by atoms with Crippen molar-refractivity contribution in [1.29, 1.82) is 0 Å². The summed E-state index contributed by atoms with van der Waals surface area (Å²) in [6.45, 7) is 2.16. The smallest absolute Gasteiger partial charge is 0.306 e. The Morgan fingerprint density at radius 1 is 1.59 bits per heavy atom. The van der Waals surface area contributed by atoms with Crippen LogP contribution in [0, 0.1) is 11.8 Å². The Hall–Kier alpha value is -1.34. The zero-order valence-corrected chi connectivity index (χ0v) is 10.1. The largest absolute Gasteiger partial charge is 0.481 e. The standard InChI is InChI=1S/C10H14N2O4S/c1-7(10(13)14)8-5-12(6-8)17(15,16)9-2-3-11-4-9/h2-4,7-8,11H,5-6H2,1H3,(H,13,14). The van der Waals surface area contributed by atoms with Gasteiger partial charge >= 0.3 is 5.97 Å². The number of aliphatic carboxylic acids is 1. The Balaban J connectivity index is 2.03. The molecular formula is C10H14N2O4S. The molecule has 2 rings (SSSR count). The molecule has 2 heterocycles. The third-order valence-corrected chi connectivity index (χ3v) is 5.01. The first-order chi connectivity index (χ1) is 7.93. The Kier molecular flexibility index (Phi) is 2.96. The highest BCUT2D eigenvalue weighted by Gasteiger charge is 2.41. The number of aromatic amines is 1. The number of carboxylic acid groups (broad SMARTS) is 1. The van der Waals surface area contributed by atoms with Crippen LogP contribution in [0.15, 0.2) is 23.4 Å². The normalized spacial score (nSPS) is 19.8. The van der Waals surface area contributed by atoms with E-state index in [1.165, 1.54) is 16.6 Å². The molecule has 0 aliphatic carbocycles. The molecule has 1 aliphatic rings. The van der Waals surface area contributed by atoms with Crippen molar-refractivity contribution in [2.75, 3.05) is 13.1 Å². The van der Waals surface area contributed by atoms with Crippen LogP contribution in [0.25, 0.3) is 0 Å². The SMILES string of the molecule is CC(C(=O)O)C1CN(S(=O)(=O)c2cc[nH]c2)C1. The van der Waals surface area contributed by atoms with Crippen molar-refractivity contribution in [2.24, 2.45) is 11.8 Å². The van der Waals surface area contributed by atoms with E-state index in [0.717, 1.165) is 0 Å². The quantitative estimate of drug-likeness (QED) is 0.815. The summed E-state index contributed by atoms with van der Waals surface area (Å²) in [5.74, 6) is -1.48. The highest BCUT2D eigenvalue weighted by atomic mass is 32.2. The van der Waals surface area contributed by atoms with E-state index in [0.29, 0.717) is 0 Å². The molecule has 0 amide bonds. The molecule has 6 nitrogen and oxygen atoms in total. The van der Waals surface area contributed by atoms with E-state index in [2.05, 4.69) is 4.98 Å². The molecule has 1 aliphatic heterocycles. The fourth-order valence-electron chi connectivity index (χ4n) is 1.80. The minimum absolute atomic E-state index is 0.0961. The molecule has 2 N–H and O–H groups in total. The Morgan fingerprint density at radius 3 is 2.71 bits per heavy atom. The van der Waals surface area contributed by atoms with Crippen LogP contribution in [0.1, 0.15) is 6.92 Å². The lowest BCUT2D eigenvalue weighted by Crippen LogP contribution is -2.53. The summed E-state index contributed by atoms with van der Waals surface area (Å²) in [6, 6.07) is 1.49. The predicted octanol–water partition coefficient (Wildman–Crippen LogP) is 0.356. The van der Waals surface area contributed by atoms with Gasteiger partial charge in [0, 0.05) is 25.5 Å². The maximum atomic E-state index is 12.0. The number of H-pyrrole nitrogens is 1. The summed E-state index contributed by atoms with van der Waals surface area (Å²) >= 11 is 0. The van der Waals surface area contributed by atoms with Crippen LogP contribution >= 0.6 is 0 Å². The summed E-state index contributed by atoms with van der Waals surface area (Å²) in [7, 11) is -3.44. The minimum atomic E-state index is -3.44. The van der Waals surface area contributed by atoms with Gasteiger partial charge in [0.1, 0.15) is 0 Å². The molecule has 94 valence electrons. The maximum absolute atomic E-state index is 12.0. The number of sulfonamides is 1. The Labute approximate surface area is 99.3 Å². The fourth-order valence-corrected chi connectivity index (χ4v) is 3.33. The number of carboxylic acids is 1. The van der Waals surface area contributed by atoms with E-state index in [-0.39, 0.29) is 23.9 Å². The molecule has 1 atom stereocenters. The topological polar surface area (TPSA) is 90.5 Å². The Bertz CT molecular complexity index is 502. The lowest BCUT2D eigenvalue weighted by Gasteiger charge is -2.39. The summed E-state index contributed by atoms with van der Waals surface area (Å²) in [4.78, 5) is 13.7. The van der Waals surface area contributed by atoms with E-state index in [1.807, 2.05) is 0 Å². The van der Waals surface area contributed by atoms with Gasteiger partial charge in [0.15, 0.2) is 0 Å². The van der Waals surface area contributed by atoms with Crippen molar-refractivity contribution in [1.82, 2.24) is 9.29 Å². The van der Waals surface area contributed by atoms with Crippen molar-refractivity contribution in [3.05, 3.63) is 18.5 Å². The molecule has 0 saturated carbocycles. The number of carbonyl (C=O) groups is 1. The molecule has 0 spiro atoms.